The molecule has 0 aromatic heterocycles. The minimum absolute atomic E-state index is 0.00722. The van der Waals surface area contributed by atoms with E-state index in [9.17, 15) is 9.18 Å². The molecule has 1 aromatic carbocycles. The van der Waals surface area contributed by atoms with Crippen molar-refractivity contribution < 1.29 is 19.0 Å². The lowest BCUT2D eigenvalue weighted by atomic mass is 10.1. The molecule has 4 nitrogen and oxygen atoms in total. The van der Waals surface area contributed by atoms with Gasteiger partial charge in [0.05, 0.1) is 6.61 Å². The van der Waals surface area contributed by atoms with Crippen LogP contribution in [-0.2, 0) is 11.4 Å². The van der Waals surface area contributed by atoms with Gasteiger partial charge in [0.2, 0.25) is 0 Å². The number of benzene rings is 1. The van der Waals surface area contributed by atoms with Gasteiger partial charge >= 0.3 is 0 Å². The highest BCUT2D eigenvalue weighted by Crippen LogP contribution is 2.32. The first kappa shape index (κ1) is 8.96. The average molecular weight is 197 g/mol. The summed E-state index contributed by atoms with van der Waals surface area (Å²) in [5.74, 6) is -0.746. The highest BCUT2D eigenvalue weighted by atomic mass is 19.1. The Labute approximate surface area is 79.3 Å². The number of carbonyl (C=O) groups is 1. The van der Waals surface area contributed by atoms with Gasteiger partial charge in [-0.3, -0.25) is 4.79 Å². The predicted molar refractivity (Wildman–Crippen MR) is 46.4 cm³/mol. The molecule has 0 saturated carbocycles. The number of rotatable bonds is 1. The van der Waals surface area contributed by atoms with Gasteiger partial charge in [0.15, 0.2) is 12.4 Å². The lowest BCUT2D eigenvalue weighted by Gasteiger charge is -2.19. The highest BCUT2D eigenvalue weighted by Gasteiger charge is 2.21. The van der Waals surface area contributed by atoms with Gasteiger partial charge in [0, 0.05) is 5.56 Å². The molecule has 1 amide bonds. The number of fused-ring (bicyclic) bond motifs is 1. The molecule has 0 radical (unpaired) electrons. The number of aliphatic hydroxyl groups excluding tert-OH is 1. The van der Waals surface area contributed by atoms with Crippen LogP contribution < -0.4 is 10.1 Å². The summed E-state index contributed by atoms with van der Waals surface area (Å²) in [6.45, 7) is -0.514. The molecular weight excluding hydrogens is 189 g/mol. The van der Waals surface area contributed by atoms with Crippen LogP contribution in [0.2, 0.25) is 0 Å². The second kappa shape index (κ2) is 3.26. The zero-order valence-corrected chi connectivity index (χ0v) is 7.21. The second-order valence-electron chi connectivity index (χ2n) is 2.91. The van der Waals surface area contributed by atoms with Gasteiger partial charge in [0.25, 0.3) is 5.91 Å². The first-order chi connectivity index (χ1) is 6.72. The van der Waals surface area contributed by atoms with Gasteiger partial charge in [0.1, 0.15) is 11.4 Å². The first-order valence-electron chi connectivity index (χ1n) is 4.07. The quantitative estimate of drug-likeness (QED) is 0.694. The molecule has 14 heavy (non-hydrogen) atoms. The van der Waals surface area contributed by atoms with Crippen molar-refractivity contribution in [2.45, 2.75) is 6.61 Å². The molecule has 0 fully saturated rings. The van der Waals surface area contributed by atoms with Crippen LogP contribution in [-0.4, -0.2) is 17.6 Å². The fourth-order valence-corrected chi connectivity index (χ4v) is 1.28. The summed E-state index contributed by atoms with van der Waals surface area (Å²) < 4.78 is 18.5. The van der Waals surface area contributed by atoms with Gasteiger partial charge < -0.3 is 15.2 Å². The van der Waals surface area contributed by atoms with E-state index in [1.807, 2.05) is 0 Å². The standard InChI is InChI=1S/C9H8FNO3/c10-8-5(3-12)1-2-6-9(8)11-7(13)4-14-6/h1-2,12H,3-4H2,(H,11,13). The van der Waals surface area contributed by atoms with Gasteiger partial charge in [-0.05, 0) is 12.1 Å². The number of ether oxygens (including phenoxy) is 1. The summed E-state index contributed by atoms with van der Waals surface area (Å²) >= 11 is 0. The minimum Gasteiger partial charge on any atom is -0.481 e. The van der Waals surface area contributed by atoms with E-state index < -0.39 is 18.3 Å². The molecule has 0 bridgehead atoms. The van der Waals surface area contributed by atoms with Gasteiger partial charge in [-0.1, -0.05) is 0 Å². The van der Waals surface area contributed by atoms with E-state index in [1.165, 1.54) is 12.1 Å². The van der Waals surface area contributed by atoms with Crippen molar-refractivity contribution in [3.63, 3.8) is 0 Å². The Morgan fingerprint density at radius 1 is 1.57 bits per heavy atom. The van der Waals surface area contributed by atoms with Gasteiger partial charge in [-0.2, -0.15) is 0 Å². The van der Waals surface area contributed by atoms with E-state index in [2.05, 4.69) is 5.32 Å². The number of aliphatic hydroxyl groups is 1. The van der Waals surface area contributed by atoms with Crippen LogP contribution in [0.15, 0.2) is 12.1 Å². The fourth-order valence-electron chi connectivity index (χ4n) is 1.28. The largest absolute Gasteiger partial charge is 0.481 e. The molecule has 1 aliphatic rings. The Kier molecular flexibility index (Phi) is 2.09. The molecule has 1 heterocycles. The minimum atomic E-state index is -0.641. The monoisotopic (exact) mass is 197 g/mol. The van der Waals surface area contributed by atoms with Crippen LogP contribution in [0, 0.1) is 5.82 Å². The second-order valence-corrected chi connectivity index (χ2v) is 2.91. The van der Waals surface area contributed by atoms with Crippen molar-refractivity contribution in [3.8, 4) is 5.75 Å². The molecule has 1 aliphatic heterocycles. The molecular formula is C9H8FNO3. The highest BCUT2D eigenvalue weighted by molar-refractivity contribution is 5.95. The maximum absolute atomic E-state index is 13.5. The number of halogens is 1. The number of amides is 1. The number of hydrogen-bond donors (Lipinski definition) is 2. The number of hydrogen-bond acceptors (Lipinski definition) is 3. The average Bonchev–Trinajstić information content (AvgIpc) is 2.20. The Balaban J connectivity index is 2.50. The van der Waals surface area contributed by atoms with Crippen LogP contribution in [0.25, 0.3) is 0 Å². The molecule has 0 unspecified atom stereocenters. The first-order valence-corrected chi connectivity index (χ1v) is 4.07. The van der Waals surface area contributed by atoms with E-state index in [0.717, 1.165) is 0 Å². The van der Waals surface area contributed by atoms with E-state index in [0.29, 0.717) is 5.75 Å². The number of nitrogens with one attached hydrogen (secondary N) is 1. The van der Waals surface area contributed by atoms with Crippen LogP contribution in [0.5, 0.6) is 5.75 Å². The lowest BCUT2D eigenvalue weighted by Crippen LogP contribution is -2.26. The molecule has 1 aromatic rings. The molecule has 0 atom stereocenters. The zero-order valence-electron chi connectivity index (χ0n) is 7.21. The molecule has 0 spiro atoms. The molecule has 2 N–H and O–H groups in total. The number of anilines is 1. The van der Waals surface area contributed by atoms with Gasteiger partial charge in [-0.25, -0.2) is 4.39 Å². The SMILES string of the molecule is O=C1COc2ccc(CO)c(F)c2N1. The molecule has 5 heteroatoms. The Morgan fingerprint density at radius 3 is 3.07 bits per heavy atom. The molecule has 0 aliphatic carbocycles. The molecule has 0 saturated heterocycles. The van der Waals surface area contributed by atoms with Crippen LogP contribution in [0.4, 0.5) is 10.1 Å². The van der Waals surface area contributed by atoms with Crippen molar-refractivity contribution >= 4 is 11.6 Å². The van der Waals surface area contributed by atoms with E-state index in [4.69, 9.17) is 9.84 Å². The molecule has 2 rings (SSSR count). The maximum Gasteiger partial charge on any atom is 0.262 e. The third kappa shape index (κ3) is 1.31. The summed E-state index contributed by atoms with van der Waals surface area (Å²) in [5, 5.41) is 11.1. The summed E-state index contributed by atoms with van der Waals surface area (Å²) in [6.07, 6.45) is 0. The van der Waals surface area contributed by atoms with Crippen molar-refractivity contribution in [1.82, 2.24) is 0 Å². The fraction of sp³-hybridized carbons (Fsp3) is 0.222. The summed E-state index contributed by atoms with van der Waals surface area (Å²) in [6, 6.07) is 2.94. The Bertz CT molecular complexity index is 392. The Morgan fingerprint density at radius 2 is 2.36 bits per heavy atom. The van der Waals surface area contributed by atoms with E-state index in [-0.39, 0.29) is 17.9 Å². The van der Waals surface area contributed by atoms with E-state index >= 15 is 0 Å². The summed E-state index contributed by atoms with van der Waals surface area (Å²) in [7, 11) is 0. The zero-order chi connectivity index (χ0) is 10.1. The number of carbonyl (C=O) groups excluding carboxylic acids is 1. The topological polar surface area (TPSA) is 58.6 Å². The van der Waals surface area contributed by atoms with Crippen molar-refractivity contribution in [2.75, 3.05) is 11.9 Å². The smallest absolute Gasteiger partial charge is 0.262 e. The predicted octanol–water partition coefficient (Wildman–Crippen LogP) is 0.649. The maximum atomic E-state index is 13.5. The lowest BCUT2D eigenvalue weighted by molar-refractivity contribution is -0.118. The third-order valence-corrected chi connectivity index (χ3v) is 1.98. The molecule has 74 valence electrons. The van der Waals surface area contributed by atoms with Crippen molar-refractivity contribution in [2.24, 2.45) is 0 Å². The van der Waals surface area contributed by atoms with Crippen molar-refractivity contribution in [1.29, 1.82) is 0 Å². The third-order valence-electron chi connectivity index (χ3n) is 1.98. The van der Waals surface area contributed by atoms with Gasteiger partial charge in [-0.15, -0.1) is 0 Å². The van der Waals surface area contributed by atoms with Crippen LogP contribution in [0.1, 0.15) is 5.56 Å². The van der Waals surface area contributed by atoms with Crippen molar-refractivity contribution in [3.05, 3.63) is 23.5 Å². The summed E-state index contributed by atoms with van der Waals surface area (Å²) in [4.78, 5) is 10.9. The van der Waals surface area contributed by atoms with Crippen LogP contribution in [0.3, 0.4) is 0 Å². The Hall–Kier alpha value is -1.62. The van der Waals surface area contributed by atoms with Crippen LogP contribution >= 0.6 is 0 Å². The summed E-state index contributed by atoms with van der Waals surface area (Å²) in [5.41, 5.74) is 0.141. The van der Waals surface area contributed by atoms with E-state index in [1.54, 1.807) is 0 Å². The normalized spacial score (nSPS) is 14.3.